The summed E-state index contributed by atoms with van der Waals surface area (Å²) in [6.07, 6.45) is 1.50. The molecular weight excluding hydrogens is 210 g/mol. The van der Waals surface area contributed by atoms with Crippen molar-refractivity contribution in [2.45, 2.75) is 39.2 Å². The third-order valence-electron chi connectivity index (χ3n) is 3.29. The molecule has 1 aromatic rings. The number of hydrogen-bond acceptors (Lipinski definition) is 2. The Bertz CT molecular complexity index is 362. The zero-order chi connectivity index (χ0) is 12.3. The third kappa shape index (κ3) is 3.22. The van der Waals surface area contributed by atoms with Crippen molar-refractivity contribution in [2.24, 2.45) is 5.92 Å². The summed E-state index contributed by atoms with van der Waals surface area (Å²) in [7, 11) is 0. The van der Waals surface area contributed by atoms with E-state index < -0.39 is 0 Å². The lowest BCUT2D eigenvalue weighted by Gasteiger charge is -2.29. The summed E-state index contributed by atoms with van der Waals surface area (Å²) < 4.78 is 5.91. The first-order valence-electron chi connectivity index (χ1n) is 6.63. The van der Waals surface area contributed by atoms with Gasteiger partial charge in [0.2, 0.25) is 0 Å². The van der Waals surface area contributed by atoms with E-state index in [0.29, 0.717) is 5.92 Å². The molecule has 0 spiro atoms. The molecule has 1 aliphatic rings. The Morgan fingerprint density at radius 2 is 2.00 bits per heavy atom. The molecule has 94 valence electrons. The quantitative estimate of drug-likeness (QED) is 0.865. The summed E-state index contributed by atoms with van der Waals surface area (Å²) in [5.41, 5.74) is 1.36. The monoisotopic (exact) mass is 233 g/mol. The molecule has 2 unspecified atom stereocenters. The van der Waals surface area contributed by atoms with Gasteiger partial charge in [0, 0.05) is 12.5 Å². The van der Waals surface area contributed by atoms with E-state index in [4.69, 9.17) is 4.74 Å². The third-order valence-corrected chi connectivity index (χ3v) is 3.29. The van der Waals surface area contributed by atoms with E-state index in [9.17, 15) is 0 Å². The second kappa shape index (κ2) is 5.54. The maximum atomic E-state index is 5.91. The number of hydrogen-bond donors (Lipinski definition) is 1. The highest BCUT2D eigenvalue weighted by Gasteiger charge is 2.22. The predicted molar refractivity (Wildman–Crippen MR) is 71.6 cm³/mol. The molecule has 0 aliphatic carbocycles. The Balaban J connectivity index is 2.18. The number of piperidine rings is 1. The molecule has 1 aromatic carbocycles. The minimum atomic E-state index is 0.241. The first kappa shape index (κ1) is 12.4. The fraction of sp³-hybridized carbons (Fsp3) is 0.600. The van der Waals surface area contributed by atoms with Gasteiger partial charge in [-0.15, -0.1) is 0 Å². The van der Waals surface area contributed by atoms with Crippen molar-refractivity contribution < 1.29 is 4.74 Å². The van der Waals surface area contributed by atoms with Gasteiger partial charge in [0.15, 0.2) is 0 Å². The first-order valence-corrected chi connectivity index (χ1v) is 6.63. The molecule has 0 radical (unpaired) electrons. The Morgan fingerprint density at radius 3 is 2.71 bits per heavy atom. The molecule has 1 saturated heterocycles. The van der Waals surface area contributed by atoms with Gasteiger partial charge in [0.1, 0.15) is 5.75 Å². The molecule has 1 aliphatic heterocycles. The van der Waals surface area contributed by atoms with Gasteiger partial charge >= 0.3 is 0 Å². The van der Waals surface area contributed by atoms with Crippen molar-refractivity contribution in [3.63, 3.8) is 0 Å². The van der Waals surface area contributed by atoms with Crippen molar-refractivity contribution >= 4 is 0 Å². The van der Waals surface area contributed by atoms with Crippen LogP contribution in [0.25, 0.3) is 0 Å². The molecule has 2 rings (SSSR count). The van der Waals surface area contributed by atoms with Gasteiger partial charge in [0.05, 0.1) is 6.10 Å². The Morgan fingerprint density at radius 1 is 1.24 bits per heavy atom. The molecule has 0 aromatic heterocycles. The molecular formula is C15H23NO. The van der Waals surface area contributed by atoms with E-state index in [-0.39, 0.29) is 6.10 Å². The van der Waals surface area contributed by atoms with Crippen LogP contribution in [0.4, 0.5) is 0 Å². The number of benzene rings is 1. The van der Waals surface area contributed by atoms with Crippen molar-refractivity contribution in [2.75, 3.05) is 13.1 Å². The van der Waals surface area contributed by atoms with Crippen molar-refractivity contribution in [3.05, 3.63) is 29.8 Å². The van der Waals surface area contributed by atoms with Crippen LogP contribution in [0.1, 0.15) is 38.7 Å². The maximum absolute atomic E-state index is 5.91. The largest absolute Gasteiger partial charge is 0.491 e. The lowest BCUT2D eigenvalue weighted by atomic mass is 9.86. The smallest absolute Gasteiger partial charge is 0.123 e. The predicted octanol–water partition coefficient (Wildman–Crippen LogP) is 3.19. The van der Waals surface area contributed by atoms with Crippen molar-refractivity contribution in [3.8, 4) is 5.75 Å². The molecule has 1 N–H and O–H groups in total. The summed E-state index contributed by atoms with van der Waals surface area (Å²) in [6, 6.07) is 8.47. The van der Waals surface area contributed by atoms with Gasteiger partial charge in [0.25, 0.3) is 0 Å². The van der Waals surface area contributed by atoms with Crippen LogP contribution in [-0.2, 0) is 0 Å². The molecule has 1 heterocycles. The van der Waals surface area contributed by atoms with Gasteiger partial charge in [-0.1, -0.05) is 25.1 Å². The van der Waals surface area contributed by atoms with Gasteiger partial charge in [-0.3, -0.25) is 0 Å². The van der Waals surface area contributed by atoms with Crippen LogP contribution in [0.15, 0.2) is 24.3 Å². The van der Waals surface area contributed by atoms with E-state index >= 15 is 0 Å². The highest BCUT2D eigenvalue weighted by atomic mass is 16.5. The number of rotatable bonds is 3. The van der Waals surface area contributed by atoms with E-state index in [0.717, 1.165) is 24.8 Å². The molecule has 2 atom stereocenters. The van der Waals surface area contributed by atoms with Crippen LogP contribution in [0.5, 0.6) is 5.75 Å². The fourth-order valence-electron chi connectivity index (χ4n) is 2.57. The van der Waals surface area contributed by atoms with Gasteiger partial charge < -0.3 is 10.1 Å². The Hall–Kier alpha value is -1.02. The molecule has 2 heteroatoms. The van der Waals surface area contributed by atoms with Crippen LogP contribution in [0, 0.1) is 5.92 Å². The van der Waals surface area contributed by atoms with Crippen LogP contribution in [0.3, 0.4) is 0 Å². The van der Waals surface area contributed by atoms with Crippen LogP contribution >= 0.6 is 0 Å². The second-order valence-corrected chi connectivity index (χ2v) is 5.40. The Kier molecular flexibility index (Phi) is 4.06. The number of nitrogens with one attached hydrogen (secondary N) is 1. The normalized spacial score (nSPS) is 24.9. The molecule has 0 saturated carbocycles. The van der Waals surface area contributed by atoms with E-state index in [1.807, 2.05) is 0 Å². The van der Waals surface area contributed by atoms with Gasteiger partial charge in [-0.05, 0) is 44.4 Å². The van der Waals surface area contributed by atoms with E-state index in [1.54, 1.807) is 0 Å². The van der Waals surface area contributed by atoms with Gasteiger partial charge in [-0.2, -0.15) is 0 Å². The zero-order valence-corrected chi connectivity index (χ0v) is 11.1. The highest BCUT2D eigenvalue weighted by Crippen LogP contribution is 2.33. The summed E-state index contributed by atoms with van der Waals surface area (Å²) in [5, 5.41) is 3.51. The molecule has 2 nitrogen and oxygen atoms in total. The van der Waals surface area contributed by atoms with Gasteiger partial charge in [-0.25, -0.2) is 0 Å². The minimum absolute atomic E-state index is 0.241. The Labute approximate surface area is 104 Å². The average molecular weight is 233 g/mol. The number of para-hydroxylation sites is 1. The highest BCUT2D eigenvalue weighted by molar-refractivity contribution is 5.37. The van der Waals surface area contributed by atoms with Crippen molar-refractivity contribution in [1.29, 1.82) is 0 Å². The van der Waals surface area contributed by atoms with E-state index in [2.05, 4.69) is 50.4 Å². The fourth-order valence-corrected chi connectivity index (χ4v) is 2.57. The van der Waals surface area contributed by atoms with Crippen molar-refractivity contribution in [1.82, 2.24) is 5.32 Å². The molecule has 0 amide bonds. The van der Waals surface area contributed by atoms with Crippen LogP contribution in [0.2, 0.25) is 0 Å². The summed E-state index contributed by atoms with van der Waals surface area (Å²) in [5.74, 6) is 2.40. The second-order valence-electron chi connectivity index (χ2n) is 5.40. The SMILES string of the molecule is CC1CNCC(c2ccccc2OC(C)C)C1. The van der Waals surface area contributed by atoms with E-state index in [1.165, 1.54) is 12.0 Å². The minimum Gasteiger partial charge on any atom is -0.491 e. The summed E-state index contributed by atoms with van der Waals surface area (Å²) in [4.78, 5) is 0. The average Bonchev–Trinajstić information content (AvgIpc) is 2.29. The summed E-state index contributed by atoms with van der Waals surface area (Å²) >= 11 is 0. The molecule has 1 fully saturated rings. The first-order chi connectivity index (χ1) is 8.16. The van der Waals surface area contributed by atoms with Crippen LogP contribution in [-0.4, -0.2) is 19.2 Å². The standard InChI is InChI=1S/C15H23NO/c1-11(2)17-15-7-5-4-6-14(15)13-8-12(3)9-16-10-13/h4-7,11-13,16H,8-10H2,1-3H3. The maximum Gasteiger partial charge on any atom is 0.123 e. The topological polar surface area (TPSA) is 21.3 Å². The molecule has 17 heavy (non-hydrogen) atoms. The zero-order valence-electron chi connectivity index (χ0n) is 11.1. The molecule has 0 bridgehead atoms. The lowest BCUT2D eigenvalue weighted by molar-refractivity contribution is 0.236. The van der Waals surface area contributed by atoms with Crippen LogP contribution < -0.4 is 10.1 Å². The summed E-state index contributed by atoms with van der Waals surface area (Å²) in [6.45, 7) is 8.69. The lowest BCUT2D eigenvalue weighted by Crippen LogP contribution is -2.34. The number of ether oxygens (including phenoxy) is 1.